The molecule has 0 amide bonds. The Morgan fingerprint density at radius 3 is 2.67 bits per heavy atom. The van der Waals surface area contributed by atoms with E-state index in [1.54, 1.807) is 0 Å². The van der Waals surface area contributed by atoms with Crippen molar-refractivity contribution >= 4 is 0 Å². The molecule has 2 aliphatic rings. The standard InChI is InChI=1S/C16H32N2/c1-3-7-15-8-12-18(14-15)13-11-16(17-2)9-5-4-6-10-16/h15,17H,3-14H2,1-2H3. The highest BCUT2D eigenvalue weighted by Gasteiger charge is 2.31. The summed E-state index contributed by atoms with van der Waals surface area (Å²) in [6, 6.07) is 0. The normalized spacial score (nSPS) is 28.7. The van der Waals surface area contributed by atoms with Crippen LogP contribution in [-0.4, -0.2) is 37.1 Å². The van der Waals surface area contributed by atoms with E-state index in [-0.39, 0.29) is 0 Å². The van der Waals surface area contributed by atoms with Gasteiger partial charge >= 0.3 is 0 Å². The van der Waals surface area contributed by atoms with Crippen molar-refractivity contribution in [3.8, 4) is 0 Å². The Morgan fingerprint density at radius 1 is 1.22 bits per heavy atom. The van der Waals surface area contributed by atoms with E-state index in [2.05, 4.69) is 24.2 Å². The maximum atomic E-state index is 3.65. The molecule has 1 saturated heterocycles. The molecule has 18 heavy (non-hydrogen) atoms. The van der Waals surface area contributed by atoms with Crippen LogP contribution in [0.25, 0.3) is 0 Å². The summed E-state index contributed by atoms with van der Waals surface area (Å²) in [5, 5.41) is 3.65. The van der Waals surface area contributed by atoms with Crippen molar-refractivity contribution in [2.24, 2.45) is 5.92 Å². The molecule has 1 heterocycles. The van der Waals surface area contributed by atoms with Gasteiger partial charge in [-0.05, 0) is 58.2 Å². The largest absolute Gasteiger partial charge is 0.314 e. The summed E-state index contributed by atoms with van der Waals surface area (Å²) in [5.41, 5.74) is 0.473. The topological polar surface area (TPSA) is 15.3 Å². The molecule has 0 bridgehead atoms. The zero-order valence-electron chi connectivity index (χ0n) is 12.5. The molecule has 0 aromatic rings. The molecule has 2 fully saturated rings. The van der Waals surface area contributed by atoms with Crippen molar-refractivity contribution < 1.29 is 0 Å². The Labute approximate surface area is 114 Å². The number of hydrogen-bond acceptors (Lipinski definition) is 2. The molecule has 1 unspecified atom stereocenters. The van der Waals surface area contributed by atoms with E-state index in [1.165, 1.54) is 77.4 Å². The second-order valence-electron chi connectivity index (χ2n) is 6.58. The quantitative estimate of drug-likeness (QED) is 0.779. The summed E-state index contributed by atoms with van der Waals surface area (Å²) in [6.45, 7) is 6.36. The zero-order chi connectivity index (χ0) is 12.8. The van der Waals surface area contributed by atoms with Gasteiger partial charge in [0, 0.05) is 12.1 Å². The minimum absolute atomic E-state index is 0.473. The Morgan fingerprint density at radius 2 is 2.00 bits per heavy atom. The smallest absolute Gasteiger partial charge is 0.0190 e. The Balaban J connectivity index is 1.73. The van der Waals surface area contributed by atoms with E-state index in [0.717, 1.165) is 5.92 Å². The second-order valence-corrected chi connectivity index (χ2v) is 6.58. The minimum Gasteiger partial charge on any atom is -0.314 e. The Bertz CT molecular complexity index is 233. The molecule has 1 N–H and O–H groups in total. The van der Waals surface area contributed by atoms with E-state index in [1.807, 2.05) is 0 Å². The lowest BCUT2D eigenvalue weighted by molar-refractivity contribution is 0.194. The van der Waals surface area contributed by atoms with Gasteiger partial charge in [-0.25, -0.2) is 0 Å². The number of nitrogens with one attached hydrogen (secondary N) is 1. The first kappa shape index (κ1) is 14.3. The predicted molar refractivity (Wildman–Crippen MR) is 78.9 cm³/mol. The molecular weight excluding hydrogens is 220 g/mol. The van der Waals surface area contributed by atoms with E-state index in [4.69, 9.17) is 0 Å². The van der Waals surface area contributed by atoms with Crippen LogP contribution in [0.5, 0.6) is 0 Å². The van der Waals surface area contributed by atoms with Crippen LogP contribution in [0.4, 0.5) is 0 Å². The summed E-state index contributed by atoms with van der Waals surface area (Å²) < 4.78 is 0. The van der Waals surface area contributed by atoms with Crippen molar-refractivity contribution in [1.29, 1.82) is 0 Å². The fraction of sp³-hybridized carbons (Fsp3) is 1.00. The van der Waals surface area contributed by atoms with Crippen LogP contribution < -0.4 is 5.32 Å². The lowest BCUT2D eigenvalue weighted by Gasteiger charge is -2.38. The average molecular weight is 252 g/mol. The van der Waals surface area contributed by atoms with Crippen LogP contribution in [-0.2, 0) is 0 Å². The van der Waals surface area contributed by atoms with Gasteiger partial charge in [-0.3, -0.25) is 0 Å². The highest BCUT2D eigenvalue weighted by atomic mass is 15.1. The minimum atomic E-state index is 0.473. The molecule has 0 aromatic heterocycles. The molecule has 0 radical (unpaired) electrons. The number of likely N-dealkylation sites (tertiary alicyclic amines) is 1. The molecule has 106 valence electrons. The van der Waals surface area contributed by atoms with Gasteiger partial charge in [-0.1, -0.05) is 32.6 Å². The first-order valence-electron chi connectivity index (χ1n) is 8.19. The molecule has 1 saturated carbocycles. The van der Waals surface area contributed by atoms with Crippen LogP contribution in [0.3, 0.4) is 0 Å². The van der Waals surface area contributed by atoms with E-state index >= 15 is 0 Å². The molecule has 2 nitrogen and oxygen atoms in total. The van der Waals surface area contributed by atoms with Crippen molar-refractivity contribution in [1.82, 2.24) is 10.2 Å². The maximum absolute atomic E-state index is 3.65. The third kappa shape index (κ3) is 3.71. The van der Waals surface area contributed by atoms with Gasteiger partial charge in [-0.2, -0.15) is 0 Å². The fourth-order valence-corrected chi connectivity index (χ4v) is 3.99. The average Bonchev–Trinajstić information content (AvgIpc) is 2.86. The zero-order valence-corrected chi connectivity index (χ0v) is 12.5. The van der Waals surface area contributed by atoms with Gasteiger partial charge in [0.1, 0.15) is 0 Å². The third-order valence-electron chi connectivity index (χ3n) is 5.31. The van der Waals surface area contributed by atoms with Gasteiger partial charge in [-0.15, -0.1) is 0 Å². The third-order valence-corrected chi connectivity index (χ3v) is 5.31. The fourth-order valence-electron chi connectivity index (χ4n) is 3.99. The molecule has 1 aliphatic carbocycles. The molecule has 1 aliphatic heterocycles. The van der Waals surface area contributed by atoms with Gasteiger partial charge in [0.05, 0.1) is 0 Å². The van der Waals surface area contributed by atoms with E-state index in [9.17, 15) is 0 Å². The van der Waals surface area contributed by atoms with Crippen LogP contribution in [0, 0.1) is 5.92 Å². The predicted octanol–water partition coefficient (Wildman–Crippen LogP) is 3.42. The van der Waals surface area contributed by atoms with E-state index in [0.29, 0.717) is 5.54 Å². The van der Waals surface area contributed by atoms with Crippen LogP contribution in [0.2, 0.25) is 0 Å². The first-order chi connectivity index (χ1) is 8.78. The Kier molecular flexibility index (Phi) is 5.50. The number of nitrogens with zero attached hydrogens (tertiary/aromatic N) is 1. The summed E-state index contributed by atoms with van der Waals surface area (Å²) in [5.74, 6) is 0.992. The summed E-state index contributed by atoms with van der Waals surface area (Å²) in [6.07, 6.45) is 12.7. The first-order valence-corrected chi connectivity index (χ1v) is 8.19. The summed E-state index contributed by atoms with van der Waals surface area (Å²) in [7, 11) is 2.18. The highest BCUT2D eigenvalue weighted by Crippen LogP contribution is 2.31. The van der Waals surface area contributed by atoms with Crippen LogP contribution >= 0.6 is 0 Å². The summed E-state index contributed by atoms with van der Waals surface area (Å²) >= 11 is 0. The maximum Gasteiger partial charge on any atom is 0.0190 e. The van der Waals surface area contributed by atoms with Crippen molar-refractivity contribution in [3.05, 3.63) is 0 Å². The molecule has 0 aromatic carbocycles. The van der Waals surface area contributed by atoms with Crippen molar-refractivity contribution in [3.63, 3.8) is 0 Å². The van der Waals surface area contributed by atoms with Crippen LogP contribution in [0.1, 0.15) is 64.7 Å². The highest BCUT2D eigenvalue weighted by molar-refractivity contribution is 4.91. The van der Waals surface area contributed by atoms with Gasteiger partial charge in [0.2, 0.25) is 0 Å². The van der Waals surface area contributed by atoms with Crippen molar-refractivity contribution in [2.45, 2.75) is 70.3 Å². The van der Waals surface area contributed by atoms with Gasteiger partial charge in [0.15, 0.2) is 0 Å². The molecule has 0 spiro atoms. The molecule has 2 heteroatoms. The van der Waals surface area contributed by atoms with Gasteiger partial charge < -0.3 is 10.2 Å². The lowest BCUT2D eigenvalue weighted by Crippen LogP contribution is -2.46. The molecular formula is C16H32N2. The SMILES string of the molecule is CCCC1CCN(CCC2(NC)CCCCC2)C1. The number of hydrogen-bond donors (Lipinski definition) is 1. The van der Waals surface area contributed by atoms with E-state index < -0.39 is 0 Å². The Hall–Kier alpha value is -0.0800. The van der Waals surface area contributed by atoms with Gasteiger partial charge in [0.25, 0.3) is 0 Å². The monoisotopic (exact) mass is 252 g/mol. The second kappa shape index (κ2) is 6.91. The summed E-state index contributed by atoms with van der Waals surface area (Å²) in [4.78, 5) is 2.72. The number of rotatable bonds is 6. The molecule has 1 atom stereocenters. The molecule has 2 rings (SSSR count). The van der Waals surface area contributed by atoms with Crippen LogP contribution in [0.15, 0.2) is 0 Å². The van der Waals surface area contributed by atoms with Crippen molar-refractivity contribution in [2.75, 3.05) is 26.7 Å². The lowest BCUT2D eigenvalue weighted by atomic mass is 9.79.